The zero-order chi connectivity index (χ0) is 20.6. The van der Waals surface area contributed by atoms with E-state index in [1.165, 1.54) is 18.2 Å². The van der Waals surface area contributed by atoms with E-state index in [0.29, 0.717) is 0 Å². The molecule has 0 fully saturated rings. The smallest absolute Gasteiger partial charge is 0.339 e. The number of aliphatic hydroxyl groups excluding tert-OH is 2. The Balaban J connectivity index is 2.07. The largest absolute Gasteiger partial charge is 0.511 e. The minimum absolute atomic E-state index is 0.0121. The maximum atomic E-state index is 13.1. The predicted molar refractivity (Wildman–Crippen MR) is 97.6 cm³/mol. The van der Waals surface area contributed by atoms with Crippen LogP contribution in [0.15, 0.2) is 57.1 Å². The third-order valence-electron chi connectivity index (χ3n) is 4.46. The second-order valence-corrected chi connectivity index (χ2v) is 6.64. The molecule has 0 radical (unpaired) electrons. The first-order valence-electron chi connectivity index (χ1n) is 8.39. The second kappa shape index (κ2) is 7.15. The van der Waals surface area contributed by atoms with Gasteiger partial charge in [0.25, 0.3) is 0 Å². The SMILES string of the molecule is CC1C=C(O)C=C(O)C1C(=O)c1c(O)cc(O)cc1Cc1cc(O)cc(=O)o1. The molecule has 1 aliphatic carbocycles. The standard InChI is InChI=1S/C20H18O8/c1-9-2-11(21)6-15(24)18(9)20(27)19-10(3-12(22)7-16(19)25)4-14-5-13(23)8-17(26)28-14/h2-3,5-9,18,21-25H,4H2,1H3. The first kappa shape index (κ1) is 19.1. The van der Waals surface area contributed by atoms with Crippen molar-refractivity contribution in [1.29, 1.82) is 0 Å². The Labute approximate surface area is 158 Å². The van der Waals surface area contributed by atoms with E-state index in [1.54, 1.807) is 6.92 Å². The maximum Gasteiger partial charge on any atom is 0.339 e. The molecule has 5 N–H and O–H groups in total. The van der Waals surface area contributed by atoms with Gasteiger partial charge in [0, 0.05) is 24.6 Å². The van der Waals surface area contributed by atoms with Crippen LogP contribution in [0.1, 0.15) is 28.6 Å². The lowest BCUT2D eigenvalue weighted by atomic mass is 9.80. The highest BCUT2D eigenvalue weighted by Crippen LogP contribution is 2.36. The fraction of sp³-hybridized carbons (Fsp3) is 0.200. The molecule has 3 rings (SSSR count). The molecule has 0 saturated heterocycles. The summed E-state index contributed by atoms with van der Waals surface area (Å²) >= 11 is 0. The molecular weight excluding hydrogens is 368 g/mol. The summed E-state index contributed by atoms with van der Waals surface area (Å²) < 4.78 is 4.98. The lowest BCUT2D eigenvalue weighted by Gasteiger charge is -2.24. The van der Waals surface area contributed by atoms with E-state index in [1.807, 2.05) is 0 Å². The van der Waals surface area contributed by atoms with Gasteiger partial charge in [-0.05, 0) is 23.6 Å². The van der Waals surface area contributed by atoms with Crippen molar-refractivity contribution in [3.8, 4) is 17.2 Å². The number of Topliss-reactive ketones (excluding diaryl/α,β-unsaturated/α-hetero) is 1. The van der Waals surface area contributed by atoms with Gasteiger partial charge in [-0.25, -0.2) is 4.79 Å². The highest BCUT2D eigenvalue weighted by Gasteiger charge is 2.34. The van der Waals surface area contributed by atoms with Gasteiger partial charge in [0.2, 0.25) is 0 Å². The summed E-state index contributed by atoms with van der Waals surface area (Å²) in [6, 6.07) is 4.26. The van der Waals surface area contributed by atoms with Gasteiger partial charge in [-0.1, -0.05) is 6.92 Å². The minimum atomic E-state index is -1.05. The molecule has 0 saturated carbocycles. The molecule has 1 heterocycles. The molecule has 0 spiro atoms. The number of hydrogen-bond donors (Lipinski definition) is 5. The Hall–Kier alpha value is -3.68. The summed E-state index contributed by atoms with van der Waals surface area (Å²) in [7, 11) is 0. The monoisotopic (exact) mass is 386 g/mol. The van der Waals surface area contributed by atoms with Gasteiger partial charge in [-0.3, -0.25) is 4.79 Å². The second-order valence-electron chi connectivity index (χ2n) is 6.64. The van der Waals surface area contributed by atoms with E-state index in [-0.39, 0.29) is 46.3 Å². The lowest BCUT2D eigenvalue weighted by molar-refractivity contribution is 0.0878. The molecule has 0 bridgehead atoms. The zero-order valence-electron chi connectivity index (χ0n) is 14.8. The van der Waals surface area contributed by atoms with Crippen molar-refractivity contribution in [3.05, 3.63) is 75.2 Å². The van der Waals surface area contributed by atoms with Crippen LogP contribution < -0.4 is 5.63 Å². The van der Waals surface area contributed by atoms with Crippen molar-refractivity contribution >= 4 is 5.78 Å². The molecule has 8 nitrogen and oxygen atoms in total. The van der Waals surface area contributed by atoms with Crippen molar-refractivity contribution in [2.75, 3.05) is 0 Å². The summed E-state index contributed by atoms with van der Waals surface area (Å²) in [4.78, 5) is 24.6. The average Bonchev–Trinajstić information content (AvgIpc) is 2.51. The summed E-state index contributed by atoms with van der Waals surface area (Å²) in [5.41, 5.74) is -0.834. The number of hydrogen-bond acceptors (Lipinski definition) is 8. The number of carbonyl (C=O) groups is 1. The van der Waals surface area contributed by atoms with Gasteiger partial charge in [-0.2, -0.15) is 0 Å². The molecule has 0 amide bonds. The average molecular weight is 386 g/mol. The highest BCUT2D eigenvalue weighted by molar-refractivity contribution is 6.03. The van der Waals surface area contributed by atoms with Crippen molar-refractivity contribution in [2.45, 2.75) is 13.3 Å². The zero-order valence-corrected chi connectivity index (χ0v) is 14.8. The number of aliphatic hydroxyl groups is 2. The summed E-state index contributed by atoms with van der Waals surface area (Å²) in [6.07, 6.45) is 2.26. The Bertz CT molecular complexity index is 1060. The van der Waals surface area contributed by atoms with Crippen LogP contribution in [-0.2, 0) is 6.42 Å². The third-order valence-corrected chi connectivity index (χ3v) is 4.46. The quantitative estimate of drug-likeness (QED) is 0.504. The molecule has 2 aromatic rings. The Morgan fingerprint density at radius 1 is 1.04 bits per heavy atom. The number of benzene rings is 1. The van der Waals surface area contributed by atoms with Gasteiger partial charge in [0.05, 0.1) is 17.5 Å². The number of rotatable bonds is 4. The molecule has 146 valence electrons. The van der Waals surface area contributed by atoms with Gasteiger partial charge < -0.3 is 29.9 Å². The highest BCUT2D eigenvalue weighted by atomic mass is 16.4. The van der Waals surface area contributed by atoms with E-state index in [2.05, 4.69) is 0 Å². The Morgan fingerprint density at radius 2 is 1.71 bits per heavy atom. The molecular formula is C20H18O8. The molecule has 1 aromatic carbocycles. The van der Waals surface area contributed by atoms with Crippen molar-refractivity contribution in [2.24, 2.45) is 11.8 Å². The molecule has 1 aliphatic rings. The van der Waals surface area contributed by atoms with Crippen LogP contribution in [0.4, 0.5) is 0 Å². The van der Waals surface area contributed by atoms with E-state index in [9.17, 15) is 35.1 Å². The van der Waals surface area contributed by atoms with Gasteiger partial charge in [-0.15, -0.1) is 0 Å². The van der Waals surface area contributed by atoms with E-state index in [4.69, 9.17) is 4.42 Å². The van der Waals surface area contributed by atoms with Gasteiger partial charge in [0.1, 0.15) is 34.5 Å². The first-order chi connectivity index (χ1) is 13.2. The van der Waals surface area contributed by atoms with E-state index < -0.39 is 29.0 Å². The third kappa shape index (κ3) is 3.71. The van der Waals surface area contributed by atoms with Crippen LogP contribution >= 0.6 is 0 Å². The van der Waals surface area contributed by atoms with Crippen molar-refractivity contribution in [3.63, 3.8) is 0 Å². The number of aromatic hydroxyl groups is 3. The van der Waals surface area contributed by atoms with Crippen LogP contribution in [0.3, 0.4) is 0 Å². The van der Waals surface area contributed by atoms with Crippen LogP contribution in [0.25, 0.3) is 0 Å². The van der Waals surface area contributed by atoms with Crippen LogP contribution in [0.2, 0.25) is 0 Å². The predicted octanol–water partition coefficient (Wildman–Crippen LogP) is 2.68. The molecule has 8 heteroatoms. The van der Waals surface area contributed by atoms with Crippen molar-refractivity contribution in [1.82, 2.24) is 0 Å². The molecule has 1 aromatic heterocycles. The Kier molecular flexibility index (Phi) is 4.87. The molecule has 28 heavy (non-hydrogen) atoms. The fourth-order valence-electron chi connectivity index (χ4n) is 3.34. The number of ketones is 1. The normalized spacial score (nSPS) is 19.0. The lowest BCUT2D eigenvalue weighted by Crippen LogP contribution is -2.27. The van der Waals surface area contributed by atoms with Gasteiger partial charge >= 0.3 is 5.63 Å². The van der Waals surface area contributed by atoms with Crippen LogP contribution in [0, 0.1) is 11.8 Å². The van der Waals surface area contributed by atoms with E-state index >= 15 is 0 Å². The maximum absolute atomic E-state index is 13.1. The Morgan fingerprint density at radius 3 is 2.36 bits per heavy atom. The fourth-order valence-corrected chi connectivity index (χ4v) is 3.34. The van der Waals surface area contributed by atoms with Crippen LogP contribution in [0.5, 0.6) is 17.2 Å². The summed E-state index contributed by atoms with van der Waals surface area (Å²) in [5.74, 6) is -3.94. The van der Waals surface area contributed by atoms with E-state index in [0.717, 1.165) is 18.2 Å². The topological polar surface area (TPSA) is 148 Å². The minimum Gasteiger partial charge on any atom is -0.511 e. The number of allylic oxidation sites excluding steroid dienone is 3. The van der Waals surface area contributed by atoms with Crippen molar-refractivity contribution < 1.29 is 34.7 Å². The van der Waals surface area contributed by atoms with Gasteiger partial charge in [0.15, 0.2) is 5.78 Å². The molecule has 2 atom stereocenters. The number of phenolic OH excluding ortho intramolecular Hbond substituents is 2. The summed E-state index contributed by atoms with van der Waals surface area (Å²) in [5, 5.41) is 49.4. The number of phenols is 2. The molecule has 0 aliphatic heterocycles. The molecule has 2 unspecified atom stereocenters. The summed E-state index contributed by atoms with van der Waals surface area (Å²) in [6.45, 7) is 1.62. The first-order valence-corrected chi connectivity index (χ1v) is 8.39. The van der Waals surface area contributed by atoms with Crippen LogP contribution in [-0.4, -0.2) is 31.3 Å². The number of carbonyl (C=O) groups excluding carboxylic acids is 1.